The van der Waals surface area contributed by atoms with E-state index in [0.717, 1.165) is 37.8 Å². The van der Waals surface area contributed by atoms with Crippen LogP contribution in [0.1, 0.15) is 68.6 Å². The quantitative estimate of drug-likeness (QED) is 0.183. The van der Waals surface area contributed by atoms with Crippen LogP contribution in [0.25, 0.3) is 10.8 Å². The van der Waals surface area contributed by atoms with Crippen molar-refractivity contribution in [3.8, 4) is 5.75 Å². The summed E-state index contributed by atoms with van der Waals surface area (Å²) in [5.41, 5.74) is 5.30. The molecular formula is C35H35BrF5N3O5. The van der Waals surface area contributed by atoms with Crippen molar-refractivity contribution in [2.24, 2.45) is 5.73 Å². The van der Waals surface area contributed by atoms with Crippen LogP contribution in [0.3, 0.4) is 0 Å². The molecule has 0 radical (unpaired) electrons. The SMILES string of the molecule is NC1CC2CCC(C1)N2C(=O)[C@H](NC(=O)[C@@H](OC(=O)C(F)(F)F)c1ccc2cc(OC3CCCC3)ccc2c1)C(F)(F)c1ccc(Br)cc1. The zero-order chi connectivity index (χ0) is 35.1. The molecule has 2 saturated heterocycles. The number of carbonyl (C=O) groups excluding carboxylic acids is 3. The topological polar surface area (TPSA) is 111 Å². The Labute approximate surface area is 287 Å². The first-order valence-corrected chi connectivity index (χ1v) is 17.0. The molecule has 0 spiro atoms. The predicted molar refractivity (Wildman–Crippen MR) is 173 cm³/mol. The van der Waals surface area contributed by atoms with Gasteiger partial charge in [0.15, 0.2) is 6.04 Å². The molecular weight excluding hydrogens is 717 g/mol. The molecule has 2 heterocycles. The fourth-order valence-electron chi connectivity index (χ4n) is 7.22. The van der Waals surface area contributed by atoms with E-state index in [9.17, 15) is 27.6 Å². The molecule has 6 rings (SSSR count). The number of halogens is 6. The van der Waals surface area contributed by atoms with Gasteiger partial charge in [-0.2, -0.15) is 22.0 Å². The van der Waals surface area contributed by atoms with Crippen LogP contribution in [0.5, 0.6) is 5.75 Å². The summed E-state index contributed by atoms with van der Waals surface area (Å²) in [7, 11) is 0. The zero-order valence-electron chi connectivity index (χ0n) is 26.2. The molecule has 1 saturated carbocycles. The molecule has 3 N–H and O–H groups in total. The average Bonchev–Trinajstić information content (AvgIpc) is 3.66. The second-order valence-corrected chi connectivity index (χ2v) is 13.9. The van der Waals surface area contributed by atoms with Gasteiger partial charge in [-0.1, -0.05) is 46.3 Å². The first kappa shape index (κ1) is 35.1. The summed E-state index contributed by atoms with van der Waals surface area (Å²) in [5.74, 6) is -8.75. The van der Waals surface area contributed by atoms with Crippen molar-refractivity contribution >= 4 is 44.5 Å². The van der Waals surface area contributed by atoms with Crippen molar-refractivity contribution in [3.05, 3.63) is 76.3 Å². The van der Waals surface area contributed by atoms with Crippen molar-refractivity contribution in [1.29, 1.82) is 0 Å². The molecule has 2 aliphatic heterocycles. The molecule has 2 amide bonds. The lowest BCUT2D eigenvalue weighted by molar-refractivity contribution is -0.206. The molecule has 4 atom stereocenters. The van der Waals surface area contributed by atoms with E-state index < -0.39 is 59.7 Å². The third-order valence-electron chi connectivity index (χ3n) is 9.59. The van der Waals surface area contributed by atoms with E-state index in [0.29, 0.717) is 46.7 Å². The average molecular weight is 753 g/mol. The van der Waals surface area contributed by atoms with Crippen LogP contribution < -0.4 is 15.8 Å². The fourth-order valence-corrected chi connectivity index (χ4v) is 7.48. The number of carbonyl (C=O) groups is 3. The van der Waals surface area contributed by atoms with Gasteiger partial charge in [0.25, 0.3) is 11.8 Å². The maximum atomic E-state index is 16.4. The van der Waals surface area contributed by atoms with Gasteiger partial charge < -0.3 is 25.4 Å². The van der Waals surface area contributed by atoms with Gasteiger partial charge in [-0.05, 0) is 92.5 Å². The minimum Gasteiger partial charge on any atom is -0.490 e. The summed E-state index contributed by atoms with van der Waals surface area (Å²) >= 11 is 3.19. The molecule has 3 aromatic rings. The van der Waals surface area contributed by atoms with Gasteiger partial charge in [-0.25, -0.2) is 4.79 Å². The number of nitrogens with two attached hydrogens (primary N) is 1. The summed E-state index contributed by atoms with van der Waals surface area (Å²) in [6.45, 7) is 0. The van der Waals surface area contributed by atoms with E-state index in [-0.39, 0.29) is 17.7 Å². The molecule has 14 heteroatoms. The van der Waals surface area contributed by atoms with Crippen LogP contribution in [0.2, 0.25) is 0 Å². The number of piperidine rings is 1. The van der Waals surface area contributed by atoms with Gasteiger partial charge in [0, 0.05) is 33.7 Å². The number of fused-ring (bicyclic) bond motifs is 3. The van der Waals surface area contributed by atoms with Gasteiger partial charge >= 0.3 is 18.1 Å². The number of ether oxygens (including phenoxy) is 2. The minimum atomic E-state index is -5.50. The van der Waals surface area contributed by atoms with Crippen LogP contribution >= 0.6 is 15.9 Å². The first-order chi connectivity index (χ1) is 23.2. The number of benzene rings is 3. The molecule has 3 aromatic carbocycles. The molecule has 3 aliphatic rings. The van der Waals surface area contributed by atoms with E-state index in [4.69, 9.17) is 10.5 Å². The first-order valence-electron chi connectivity index (χ1n) is 16.2. The lowest BCUT2D eigenvalue weighted by Gasteiger charge is -2.41. The Morgan fingerprint density at radius 3 is 2.10 bits per heavy atom. The molecule has 2 bridgehead atoms. The number of hydrogen-bond acceptors (Lipinski definition) is 6. The number of nitrogens with zero attached hydrogens (tertiary/aromatic N) is 1. The van der Waals surface area contributed by atoms with Crippen LogP contribution in [0, 0.1) is 0 Å². The van der Waals surface area contributed by atoms with Crippen LogP contribution in [-0.2, 0) is 25.0 Å². The Kier molecular flexibility index (Phi) is 9.91. The normalized spacial score (nSPS) is 22.5. The van der Waals surface area contributed by atoms with Gasteiger partial charge in [0.1, 0.15) is 5.75 Å². The number of esters is 1. The van der Waals surface area contributed by atoms with Gasteiger partial charge in [-0.3, -0.25) is 9.59 Å². The van der Waals surface area contributed by atoms with Crippen molar-refractivity contribution in [2.75, 3.05) is 0 Å². The molecule has 0 aromatic heterocycles. The molecule has 8 nitrogen and oxygen atoms in total. The number of nitrogens with one attached hydrogen (secondary N) is 1. The smallest absolute Gasteiger partial charge is 0.490 e. The van der Waals surface area contributed by atoms with E-state index in [1.165, 1.54) is 35.2 Å². The fraction of sp³-hybridized carbons (Fsp3) is 0.457. The Morgan fingerprint density at radius 2 is 1.47 bits per heavy atom. The van der Waals surface area contributed by atoms with E-state index in [2.05, 4.69) is 20.7 Å². The highest BCUT2D eigenvalue weighted by Gasteiger charge is 2.54. The summed E-state index contributed by atoms with van der Waals surface area (Å²) in [4.78, 5) is 41.3. The van der Waals surface area contributed by atoms with Gasteiger partial charge in [0.05, 0.1) is 6.10 Å². The second-order valence-electron chi connectivity index (χ2n) is 13.0. The molecule has 49 heavy (non-hydrogen) atoms. The second kappa shape index (κ2) is 13.9. The van der Waals surface area contributed by atoms with Gasteiger partial charge in [0.2, 0.25) is 6.10 Å². The Hall–Kier alpha value is -3.78. The highest BCUT2D eigenvalue weighted by molar-refractivity contribution is 9.10. The third kappa shape index (κ3) is 7.54. The lowest BCUT2D eigenvalue weighted by Crippen LogP contribution is -2.61. The Morgan fingerprint density at radius 1 is 0.857 bits per heavy atom. The van der Waals surface area contributed by atoms with Crippen LogP contribution in [0.4, 0.5) is 22.0 Å². The van der Waals surface area contributed by atoms with Crippen molar-refractivity contribution < 1.29 is 45.8 Å². The number of rotatable bonds is 9. The van der Waals surface area contributed by atoms with Crippen LogP contribution in [-0.4, -0.2) is 59.1 Å². The van der Waals surface area contributed by atoms with E-state index >= 15 is 8.78 Å². The highest BCUT2D eigenvalue weighted by Crippen LogP contribution is 2.40. The molecule has 2 unspecified atom stereocenters. The van der Waals surface area contributed by atoms with Crippen molar-refractivity contribution in [3.63, 3.8) is 0 Å². The summed E-state index contributed by atoms with van der Waals surface area (Å²) in [5, 5.41) is 3.10. The van der Waals surface area contributed by atoms with Gasteiger partial charge in [-0.15, -0.1) is 0 Å². The highest BCUT2D eigenvalue weighted by atomic mass is 79.9. The maximum Gasteiger partial charge on any atom is 0.490 e. The monoisotopic (exact) mass is 751 g/mol. The lowest BCUT2D eigenvalue weighted by atomic mass is 9.94. The molecule has 1 aliphatic carbocycles. The standard InChI is InChI=1S/C35H35BrF5N3O5/c36-23-10-8-22(9-11-23)34(37,38)30(32(46)44-25-12-13-26(44)18-24(42)17-25)43-31(45)29(49-33(47)35(39,40)41)21-6-5-20-16-28(14-7-19(20)15-21)48-27-3-1-2-4-27/h5-11,14-16,24-27,29-30H,1-4,12-13,17-18,42H2,(H,43,45)/t24?,25?,26?,29-,30-/m0/s1. The Bertz CT molecular complexity index is 1700. The minimum absolute atomic E-state index is 0.0784. The molecule has 262 valence electrons. The predicted octanol–water partition coefficient (Wildman–Crippen LogP) is 6.83. The van der Waals surface area contributed by atoms with Crippen molar-refractivity contribution in [1.82, 2.24) is 10.2 Å². The third-order valence-corrected chi connectivity index (χ3v) is 10.1. The number of amides is 2. The van der Waals surface area contributed by atoms with Crippen LogP contribution in [0.15, 0.2) is 65.1 Å². The van der Waals surface area contributed by atoms with Crippen molar-refractivity contribution in [2.45, 2.75) is 99.8 Å². The zero-order valence-corrected chi connectivity index (χ0v) is 27.8. The number of hydrogen-bond donors (Lipinski definition) is 2. The summed E-state index contributed by atoms with van der Waals surface area (Å²) < 4.78 is 84.2. The van der Waals surface area contributed by atoms with E-state index in [1.807, 2.05) is 5.32 Å². The Balaban J connectivity index is 1.34. The number of alkyl halides is 5. The largest absolute Gasteiger partial charge is 0.490 e. The summed E-state index contributed by atoms with van der Waals surface area (Å²) in [6.07, 6.45) is -1.94. The van der Waals surface area contributed by atoms with E-state index in [1.54, 1.807) is 18.2 Å². The maximum absolute atomic E-state index is 16.4. The summed E-state index contributed by atoms with van der Waals surface area (Å²) in [6, 6.07) is 10.3. The molecule has 3 fully saturated rings.